The maximum absolute atomic E-state index is 11.7. The number of carbonyl (C=O) groups is 1. The van der Waals surface area contributed by atoms with Gasteiger partial charge in [0.25, 0.3) is 0 Å². The molecule has 6 nitrogen and oxygen atoms in total. The van der Waals surface area contributed by atoms with Gasteiger partial charge >= 0.3 is 5.97 Å². The Morgan fingerprint density at radius 3 is 2.45 bits per heavy atom. The predicted molar refractivity (Wildman–Crippen MR) is 78.8 cm³/mol. The molecule has 1 saturated heterocycles. The van der Waals surface area contributed by atoms with Crippen LogP contribution in [0.5, 0.6) is 5.75 Å². The zero-order valence-electron chi connectivity index (χ0n) is 12.1. The zero-order valence-corrected chi connectivity index (χ0v) is 13.0. The highest BCUT2D eigenvalue weighted by atomic mass is 32.1. The lowest BCUT2D eigenvalue weighted by molar-refractivity contribution is -0.00510. The SMILES string of the molecule is COC(=O)c1sc(N2C[C@@H](C)O[C@@H](C)C2)c(OC)c1N. The van der Waals surface area contributed by atoms with Crippen molar-refractivity contribution in [2.24, 2.45) is 0 Å². The molecule has 0 spiro atoms. The fraction of sp³-hybridized carbons (Fsp3) is 0.615. The first kappa shape index (κ1) is 14.9. The highest BCUT2D eigenvalue weighted by molar-refractivity contribution is 7.19. The summed E-state index contributed by atoms with van der Waals surface area (Å²) in [5.41, 5.74) is 6.33. The monoisotopic (exact) mass is 300 g/mol. The Morgan fingerprint density at radius 2 is 1.95 bits per heavy atom. The predicted octanol–water partition coefficient (Wildman–Crippen LogP) is 1.74. The van der Waals surface area contributed by atoms with Gasteiger partial charge < -0.3 is 24.8 Å². The van der Waals surface area contributed by atoms with Gasteiger partial charge in [-0.2, -0.15) is 0 Å². The molecule has 0 saturated carbocycles. The third-order valence-corrected chi connectivity index (χ3v) is 4.39. The van der Waals surface area contributed by atoms with E-state index in [1.165, 1.54) is 18.4 Å². The zero-order chi connectivity index (χ0) is 14.9. The number of thiophene rings is 1. The van der Waals surface area contributed by atoms with Crippen molar-refractivity contribution in [1.29, 1.82) is 0 Å². The van der Waals surface area contributed by atoms with Gasteiger partial charge in [-0.3, -0.25) is 0 Å². The average molecular weight is 300 g/mol. The van der Waals surface area contributed by atoms with Crippen LogP contribution in [0.25, 0.3) is 0 Å². The lowest BCUT2D eigenvalue weighted by atomic mass is 10.2. The molecule has 2 rings (SSSR count). The minimum atomic E-state index is -0.439. The molecular weight excluding hydrogens is 280 g/mol. The number of rotatable bonds is 3. The van der Waals surface area contributed by atoms with Gasteiger partial charge in [0.15, 0.2) is 5.75 Å². The van der Waals surface area contributed by atoms with Crippen LogP contribution in [0.15, 0.2) is 0 Å². The van der Waals surface area contributed by atoms with E-state index in [-0.39, 0.29) is 12.2 Å². The van der Waals surface area contributed by atoms with Crippen LogP contribution in [0.1, 0.15) is 23.5 Å². The molecule has 1 aliphatic rings. The van der Waals surface area contributed by atoms with Crippen LogP contribution in [0, 0.1) is 0 Å². The van der Waals surface area contributed by atoms with Crippen molar-refractivity contribution in [3.63, 3.8) is 0 Å². The molecule has 20 heavy (non-hydrogen) atoms. The first-order chi connectivity index (χ1) is 9.47. The number of hydrogen-bond donors (Lipinski definition) is 1. The molecule has 0 bridgehead atoms. The van der Waals surface area contributed by atoms with Crippen LogP contribution < -0.4 is 15.4 Å². The van der Waals surface area contributed by atoms with Crippen molar-refractivity contribution in [2.45, 2.75) is 26.1 Å². The number of methoxy groups -OCH3 is 2. The van der Waals surface area contributed by atoms with Crippen molar-refractivity contribution >= 4 is 28.0 Å². The van der Waals surface area contributed by atoms with Gasteiger partial charge in [0.05, 0.1) is 26.4 Å². The van der Waals surface area contributed by atoms with E-state index < -0.39 is 5.97 Å². The van der Waals surface area contributed by atoms with Crippen LogP contribution in [0.2, 0.25) is 0 Å². The van der Waals surface area contributed by atoms with Gasteiger partial charge in [-0.1, -0.05) is 0 Å². The fourth-order valence-corrected chi connectivity index (χ4v) is 3.54. The second-order valence-corrected chi connectivity index (χ2v) is 5.84. The Bertz CT molecular complexity index is 493. The van der Waals surface area contributed by atoms with E-state index in [4.69, 9.17) is 19.9 Å². The summed E-state index contributed by atoms with van der Waals surface area (Å²) in [7, 11) is 2.89. The smallest absolute Gasteiger partial charge is 0.350 e. The third-order valence-electron chi connectivity index (χ3n) is 3.16. The largest absolute Gasteiger partial charge is 0.492 e. The van der Waals surface area contributed by atoms with E-state index in [9.17, 15) is 4.79 Å². The minimum Gasteiger partial charge on any atom is -0.492 e. The van der Waals surface area contributed by atoms with Gasteiger partial charge in [-0.25, -0.2) is 4.79 Å². The van der Waals surface area contributed by atoms with Crippen LogP contribution in [0.3, 0.4) is 0 Å². The molecule has 1 fully saturated rings. The summed E-state index contributed by atoms with van der Waals surface area (Å²) in [6, 6.07) is 0. The normalized spacial score (nSPS) is 22.7. The lowest BCUT2D eigenvalue weighted by Crippen LogP contribution is -2.45. The van der Waals surface area contributed by atoms with Crippen LogP contribution in [-0.2, 0) is 9.47 Å². The first-order valence-electron chi connectivity index (χ1n) is 6.42. The molecule has 112 valence electrons. The summed E-state index contributed by atoms with van der Waals surface area (Å²) in [4.78, 5) is 14.3. The quantitative estimate of drug-likeness (QED) is 0.857. The molecule has 7 heteroatoms. The summed E-state index contributed by atoms with van der Waals surface area (Å²) in [5, 5.41) is 0.854. The van der Waals surface area contributed by atoms with E-state index in [0.717, 1.165) is 18.1 Å². The second-order valence-electron chi connectivity index (χ2n) is 4.84. The van der Waals surface area contributed by atoms with Crippen molar-refractivity contribution in [2.75, 3.05) is 37.9 Å². The number of ether oxygens (including phenoxy) is 3. The van der Waals surface area contributed by atoms with Gasteiger partial charge in [0.1, 0.15) is 15.6 Å². The number of nitrogens with two attached hydrogens (primary N) is 1. The van der Waals surface area contributed by atoms with Gasteiger partial charge in [-0.15, -0.1) is 11.3 Å². The van der Waals surface area contributed by atoms with Crippen molar-refractivity contribution < 1.29 is 19.0 Å². The summed E-state index contributed by atoms with van der Waals surface area (Å²) in [5.74, 6) is 0.100. The van der Waals surface area contributed by atoms with Crippen molar-refractivity contribution in [3.8, 4) is 5.75 Å². The first-order valence-corrected chi connectivity index (χ1v) is 7.24. The molecule has 1 aromatic heterocycles. The summed E-state index contributed by atoms with van der Waals surface area (Å²) in [6.07, 6.45) is 0.238. The number of carbonyl (C=O) groups excluding carboxylic acids is 1. The molecule has 2 N–H and O–H groups in total. The third kappa shape index (κ3) is 2.69. The minimum absolute atomic E-state index is 0.119. The molecule has 1 aromatic rings. The molecule has 1 aliphatic heterocycles. The molecule has 2 heterocycles. The van der Waals surface area contributed by atoms with Crippen LogP contribution in [-0.4, -0.2) is 45.5 Å². The summed E-state index contributed by atoms with van der Waals surface area (Å²) in [6.45, 7) is 5.52. The van der Waals surface area contributed by atoms with Crippen LogP contribution >= 0.6 is 11.3 Å². The molecule has 0 aromatic carbocycles. The number of anilines is 2. The number of esters is 1. The summed E-state index contributed by atoms with van der Waals surface area (Å²) < 4.78 is 15.8. The maximum atomic E-state index is 11.7. The maximum Gasteiger partial charge on any atom is 0.350 e. The molecule has 0 aliphatic carbocycles. The molecule has 0 radical (unpaired) electrons. The van der Waals surface area contributed by atoms with Gasteiger partial charge in [0, 0.05) is 13.1 Å². The number of nitrogens with zero attached hydrogens (tertiary/aromatic N) is 1. The number of morpholine rings is 1. The fourth-order valence-electron chi connectivity index (χ4n) is 2.41. The standard InChI is InChI=1S/C13H20N2O4S/c1-7-5-15(6-8(2)19-7)12-10(17-3)9(14)11(20-12)13(16)18-4/h7-8H,5-6,14H2,1-4H3/t7-,8+. The molecule has 0 unspecified atom stereocenters. The van der Waals surface area contributed by atoms with E-state index in [1.807, 2.05) is 13.8 Å². The topological polar surface area (TPSA) is 74.0 Å². The molecule has 2 atom stereocenters. The van der Waals surface area contributed by atoms with E-state index in [0.29, 0.717) is 16.3 Å². The number of nitrogen functional groups attached to an aromatic ring is 1. The number of hydrogen-bond acceptors (Lipinski definition) is 7. The Labute approximate surface area is 122 Å². The van der Waals surface area contributed by atoms with E-state index in [2.05, 4.69) is 4.90 Å². The Balaban J connectivity index is 2.38. The van der Waals surface area contributed by atoms with Gasteiger partial charge in [0.2, 0.25) is 0 Å². The lowest BCUT2D eigenvalue weighted by Gasteiger charge is -2.36. The van der Waals surface area contributed by atoms with Gasteiger partial charge in [-0.05, 0) is 13.8 Å². The second kappa shape index (κ2) is 5.88. The summed E-state index contributed by atoms with van der Waals surface area (Å²) >= 11 is 1.30. The van der Waals surface area contributed by atoms with Crippen LogP contribution in [0.4, 0.5) is 10.7 Å². The highest BCUT2D eigenvalue weighted by Crippen LogP contribution is 2.45. The Morgan fingerprint density at radius 1 is 1.35 bits per heavy atom. The molecule has 0 amide bonds. The molecular formula is C13H20N2O4S. The Kier molecular flexibility index (Phi) is 4.39. The van der Waals surface area contributed by atoms with E-state index in [1.54, 1.807) is 7.11 Å². The van der Waals surface area contributed by atoms with Crippen molar-refractivity contribution in [1.82, 2.24) is 0 Å². The van der Waals surface area contributed by atoms with E-state index >= 15 is 0 Å². The van der Waals surface area contributed by atoms with Crippen molar-refractivity contribution in [3.05, 3.63) is 4.88 Å². The highest BCUT2D eigenvalue weighted by Gasteiger charge is 2.30. The Hall–Kier alpha value is -1.47. The average Bonchev–Trinajstić information content (AvgIpc) is 2.73.